The van der Waals surface area contributed by atoms with Gasteiger partial charge in [0.05, 0.1) is 3.74 Å². The van der Waals surface area contributed by atoms with Gasteiger partial charge in [-0.15, -0.1) is 0 Å². The van der Waals surface area contributed by atoms with E-state index in [4.69, 9.17) is 0 Å². The van der Waals surface area contributed by atoms with Gasteiger partial charge in [-0.25, -0.2) is 0 Å². The zero-order chi connectivity index (χ0) is 9.68. The smallest absolute Gasteiger partial charge is 0.0712 e. The molecule has 0 aliphatic heterocycles. The number of alkyl halides is 2. The van der Waals surface area contributed by atoms with Gasteiger partial charge in [0.15, 0.2) is 0 Å². The number of benzene rings is 1. The molecule has 0 aliphatic rings. The van der Waals surface area contributed by atoms with Crippen molar-refractivity contribution >= 4 is 31.9 Å². The minimum Gasteiger partial charge on any atom is -0.0712 e. The molecule has 1 aromatic carbocycles. The Morgan fingerprint density at radius 2 is 2.08 bits per heavy atom. The molecule has 2 heteroatoms. The summed E-state index contributed by atoms with van der Waals surface area (Å²) in [4.78, 5) is 0. The molecule has 0 aromatic heterocycles. The molecule has 1 rings (SSSR count). The Hall–Kier alpha value is 0.180. The van der Waals surface area contributed by atoms with Crippen molar-refractivity contribution in [3.63, 3.8) is 0 Å². The van der Waals surface area contributed by atoms with Gasteiger partial charge < -0.3 is 0 Å². The second-order valence-electron chi connectivity index (χ2n) is 3.15. The minimum atomic E-state index is 0.279. The third kappa shape index (κ3) is 3.82. The quantitative estimate of drug-likeness (QED) is 0.700. The van der Waals surface area contributed by atoms with E-state index in [2.05, 4.69) is 63.0 Å². The van der Waals surface area contributed by atoms with E-state index in [1.807, 2.05) is 0 Å². The van der Waals surface area contributed by atoms with Crippen LogP contribution in [-0.4, -0.2) is 0 Å². The number of rotatable bonds is 4. The molecule has 0 bridgehead atoms. The van der Waals surface area contributed by atoms with Crippen LogP contribution in [0.2, 0.25) is 0 Å². The molecule has 0 unspecified atom stereocenters. The molecule has 0 saturated carbocycles. The predicted molar refractivity (Wildman–Crippen MR) is 65.6 cm³/mol. The maximum Gasteiger partial charge on any atom is 0.0946 e. The number of halogens is 2. The van der Waals surface area contributed by atoms with Gasteiger partial charge in [0.2, 0.25) is 0 Å². The van der Waals surface area contributed by atoms with Crippen LogP contribution in [0.25, 0.3) is 0 Å². The fourth-order valence-corrected chi connectivity index (χ4v) is 1.83. The van der Waals surface area contributed by atoms with Crippen LogP contribution in [0.15, 0.2) is 24.3 Å². The van der Waals surface area contributed by atoms with Gasteiger partial charge in [0, 0.05) is 0 Å². The van der Waals surface area contributed by atoms with Crippen LogP contribution < -0.4 is 0 Å². The van der Waals surface area contributed by atoms with Crippen molar-refractivity contribution in [3.05, 3.63) is 35.4 Å². The fourth-order valence-electron chi connectivity index (χ4n) is 1.27. The number of hydrogen-bond acceptors (Lipinski definition) is 0. The van der Waals surface area contributed by atoms with Crippen LogP contribution in [0.4, 0.5) is 0 Å². The standard InChI is InChI=1S/C11H14Br2/c1-2-3-5-9-6-4-7-10(8-9)11(12)13/h4,6-8,11H,2-3,5H2,1H3. The molecule has 0 atom stereocenters. The highest BCUT2D eigenvalue weighted by atomic mass is 79.9. The summed E-state index contributed by atoms with van der Waals surface area (Å²) in [6.45, 7) is 2.22. The number of unbranched alkanes of at least 4 members (excludes halogenated alkanes) is 1. The lowest BCUT2D eigenvalue weighted by Gasteiger charge is -2.05. The van der Waals surface area contributed by atoms with Crippen LogP contribution in [0.3, 0.4) is 0 Å². The molecule has 0 aliphatic carbocycles. The van der Waals surface area contributed by atoms with E-state index >= 15 is 0 Å². The molecule has 0 amide bonds. The second-order valence-corrected chi connectivity index (χ2v) is 6.21. The van der Waals surface area contributed by atoms with Crippen molar-refractivity contribution in [2.75, 3.05) is 0 Å². The third-order valence-corrected chi connectivity index (χ3v) is 3.08. The van der Waals surface area contributed by atoms with Crippen LogP contribution in [0.1, 0.15) is 34.6 Å². The zero-order valence-electron chi connectivity index (χ0n) is 7.76. The van der Waals surface area contributed by atoms with E-state index in [9.17, 15) is 0 Å². The van der Waals surface area contributed by atoms with Crippen molar-refractivity contribution in [1.82, 2.24) is 0 Å². The normalized spacial score (nSPS) is 10.8. The highest BCUT2D eigenvalue weighted by molar-refractivity contribution is 9.24. The van der Waals surface area contributed by atoms with Gasteiger partial charge in [-0.1, -0.05) is 69.5 Å². The summed E-state index contributed by atoms with van der Waals surface area (Å²) in [6, 6.07) is 8.70. The average Bonchev–Trinajstić information content (AvgIpc) is 2.15. The molecule has 0 spiro atoms. The van der Waals surface area contributed by atoms with Gasteiger partial charge in [0.25, 0.3) is 0 Å². The summed E-state index contributed by atoms with van der Waals surface area (Å²) < 4.78 is 0.279. The summed E-state index contributed by atoms with van der Waals surface area (Å²) in [5.74, 6) is 0. The SMILES string of the molecule is CCCCc1cccc(C(Br)Br)c1. The lowest BCUT2D eigenvalue weighted by molar-refractivity contribution is 0.794. The van der Waals surface area contributed by atoms with Gasteiger partial charge in [-0.2, -0.15) is 0 Å². The predicted octanol–water partition coefficient (Wildman–Crippen LogP) is 4.82. The van der Waals surface area contributed by atoms with Gasteiger partial charge in [0.1, 0.15) is 0 Å². The van der Waals surface area contributed by atoms with Gasteiger partial charge in [-0.3, -0.25) is 0 Å². The van der Waals surface area contributed by atoms with Crippen molar-refractivity contribution in [2.45, 2.75) is 29.9 Å². The van der Waals surface area contributed by atoms with Crippen molar-refractivity contribution < 1.29 is 0 Å². The number of aryl methyl sites for hydroxylation is 1. The van der Waals surface area contributed by atoms with Crippen LogP contribution in [-0.2, 0) is 6.42 Å². The Bertz CT molecular complexity index is 256. The molecule has 0 nitrogen and oxygen atoms in total. The molecule has 0 heterocycles. The summed E-state index contributed by atoms with van der Waals surface area (Å²) in [7, 11) is 0. The van der Waals surface area contributed by atoms with Gasteiger partial charge >= 0.3 is 0 Å². The first-order chi connectivity index (χ1) is 6.24. The largest absolute Gasteiger partial charge is 0.0946 e. The highest BCUT2D eigenvalue weighted by Gasteiger charge is 2.02. The lowest BCUT2D eigenvalue weighted by atomic mass is 10.1. The van der Waals surface area contributed by atoms with Crippen LogP contribution >= 0.6 is 31.9 Å². The molecule has 72 valence electrons. The third-order valence-electron chi connectivity index (χ3n) is 2.02. The first kappa shape index (κ1) is 11.3. The number of hydrogen-bond donors (Lipinski definition) is 0. The Kier molecular flexibility index (Phi) is 5.04. The summed E-state index contributed by atoms with van der Waals surface area (Å²) in [6.07, 6.45) is 3.73. The molecule has 13 heavy (non-hydrogen) atoms. The highest BCUT2D eigenvalue weighted by Crippen LogP contribution is 2.29. The molecule has 0 saturated heterocycles. The van der Waals surface area contributed by atoms with E-state index in [1.54, 1.807) is 0 Å². The summed E-state index contributed by atoms with van der Waals surface area (Å²) in [5, 5.41) is 0. The van der Waals surface area contributed by atoms with Crippen molar-refractivity contribution in [3.8, 4) is 0 Å². The second kappa shape index (κ2) is 5.82. The molecule has 1 aromatic rings. The first-order valence-electron chi connectivity index (χ1n) is 4.61. The summed E-state index contributed by atoms with van der Waals surface area (Å²) in [5.41, 5.74) is 2.73. The minimum absolute atomic E-state index is 0.279. The first-order valence-corrected chi connectivity index (χ1v) is 6.44. The topological polar surface area (TPSA) is 0 Å². The summed E-state index contributed by atoms with van der Waals surface area (Å²) >= 11 is 7.00. The van der Waals surface area contributed by atoms with Crippen LogP contribution in [0, 0.1) is 0 Å². The molecule has 0 radical (unpaired) electrons. The zero-order valence-corrected chi connectivity index (χ0v) is 10.9. The maximum absolute atomic E-state index is 3.50. The van der Waals surface area contributed by atoms with Gasteiger partial charge in [-0.05, 0) is 24.0 Å². The van der Waals surface area contributed by atoms with E-state index in [1.165, 1.54) is 30.4 Å². The Labute approximate surface area is 97.0 Å². The van der Waals surface area contributed by atoms with E-state index < -0.39 is 0 Å². The molecule has 0 fully saturated rings. The van der Waals surface area contributed by atoms with E-state index in [0.717, 1.165) is 0 Å². The van der Waals surface area contributed by atoms with Crippen molar-refractivity contribution in [1.29, 1.82) is 0 Å². The molecular formula is C11H14Br2. The Morgan fingerprint density at radius 3 is 2.69 bits per heavy atom. The Balaban J connectivity index is 2.68. The fraction of sp³-hybridized carbons (Fsp3) is 0.455. The monoisotopic (exact) mass is 304 g/mol. The maximum atomic E-state index is 3.50. The Morgan fingerprint density at radius 1 is 1.31 bits per heavy atom. The molecular weight excluding hydrogens is 292 g/mol. The van der Waals surface area contributed by atoms with E-state index in [-0.39, 0.29) is 3.74 Å². The van der Waals surface area contributed by atoms with Crippen LogP contribution in [0.5, 0.6) is 0 Å². The van der Waals surface area contributed by atoms with Crippen molar-refractivity contribution in [2.24, 2.45) is 0 Å². The molecule has 0 N–H and O–H groups in total. The van der Waals surface area contributed by atoms with E-state index in [0.29, 0.717) is 0 Å². The lowest BCUT2D eigenvalue weighted by Crippen LogP contribution is -1.87. The average molecular weight is 306 g/mol.